The Hall–Kier alpha value is -1.03. The molecule has 2 nitrogen and oxygen atoms in total. The molecule has 0 saturated carbocycles. The fraction of sp³-hybridized carbons (Fsp3) is 0.300. The molecule has 1 atom stereocenters. The first-order valence-electron chi connectivity index (χ1n) is 4.22. The molecule has 0 aliphatic heterocycles. The Morgan fingerprint density at radius 3 is 2.57 bits per heavy atom. The molecule has 0 aromatic heterocycles. The van der Waals surface area contributed by atoms with Gasteiger partial charge >= 0.3 is 0 Å². The second kappa shape index (κ2) is 4.46. The SMILES string of the molecule is CCC(=O)c1ccc(S(C)=O)cc1F. The van der Waals surface area contributed by atoms with Gasteiger partial charge < -0.3 is 0 Å². The molecule has 0 saturated heterocycles. The third-order valence-electron chi connectivity index (χ3n) is 1.89. The summed E-state index contributed by atoms with van der Waals surface area (Å²) < 4.78 is 24.3. The van der Waals surface area contributed by atoms with Crippen molar-refractivity contribution in [1.29, 1.82) is 0 Å². The summed E-state index contributed by atoms with van der Waals surface area (Å²) in [6.07, 6.45) is 1.74. The van der Waals surface area contributed by atoms with E-state index < -0.39 is 16.6 Å². The lowest BCUT2D eigenvalue weighted by atomic mass is 10.1. The number of benzene rings is 1. The lowest BCUT2D eigenvalue weighted by Gasteiger charge is -2.02. The molecule has 1 unspecified atom stereocenters. The summed E-state index contributed by atoms with van der Waals surface area (Å²) in [6, 6.07) is 4.05. The van der Waals surface area contributed by atoms with Gasteiger partial charge in [-0.3, -0.25) is 9.00 Å². The molecule has 0 aliphatic rings. The molecule has 4 heteroatoms. The maximum atomic E-state index is 13.3. The van der Waals surface area contributed by atoms with Crippen LogP contribution in [0.2, 0.25) is 0 Å². The van der Waals surface area contributed by atoms with E-state index in [1.165, 1.54) is 18.4 Å². The lowest BCUT2D eigenvalue weighted by Crippen LogP contribution is -2.01. The molecule has 0 heterocycles. The van der Waals surface area contributed by atoms with Crippen LogP contribution in [-0.4, -0.2) is 16.2 Å². The van der Waals surface area contributed by atoms with Gasteiger partial charge in [-0.15, -0.1) is 0 Å². The first kappa shape index (κ1) is 11.0. The highest BCUT2D eigenvalue weighted by atomic mass is 32.2. The lowest BCUT2D eigenvalue weighted by molar-refractivity contribution is 0.0984. The van der Waals surface area contributed by atoms with Crippen LogP contribution in [0.5, 0.6) is 0 Å². The Morgan fingerprint density at radius 1 is 1.50 bits per heavy atom. The number of hydrogen-bond acceptors (Lipinski definition) is 2. The molecule has 0 N–H and O–H groups in total. The van der Waals surface area contributed by atoms with Crippen LogP contribution in [0.15, 0.2) is 23.1 Å². The zero-order chi connectivity index (χ0) is 10.7. The largest absolute Gasteiger partial charge is 0.294 e. The van der Waals surface area contributed by atoms with Gasteiger partial charge in [-0.05, 0) is 18.2 Å². The molecular weight excluding hydrogens is 203 g/mol. The fourth-order valence-electron chi connectivity index (χ4n) is 1.09. The summed E-state index contributed by atoms with van der Waals surface area (Å²) in [5.74, 6) is -0.833. The van der Waals surface area contributed by atoms with Gasteiger partial charge in [0, 0.05) is 28.4 Å². The van der Waals surface area contributed by atoms with E-state index in [9.17, 15) is 13.4 Å². The minimum atomic E-state index is -1.21. The molecule has 1 aromatic carbocycles. The number of carbonyl (C=O) groups is 1. The van der Waals surface area contributed by atoms with Gasteiger partial charge in [0.25, 0.3) is 0 Å². The molecule has 1 rings (SSSR count). The van der Waals surface area contributed by atoms with Gasteiger partial charge in [-0.1, -0.05) is 6.92 Å². The molecule has 0 aliphatic carbocycles. The van der Waals surface area contributed by atoms with Crippen LogP contribution in [0.25, 0.3) is 0 Å². The fourth-order valence-corrected chi connectivity index (χ4v) is 1.62. The summed E-state index contributed by atoms with van der Waals surface area (Å²) in [5.41, 5.74) is 0.0710. The van der Waals surface area contributed by atoms with E-state index in [2.05, 4.69) is 0 Å². The van der Waals surface area contributed by atoms with Crippen molar-refractivity contribution in [3.05, 3.63) is 29.6 Å². The van der Waals surface area contributed by atoms with Crippen LogP contribution < -0.4 is 0 Å². The topological polar surface area (TPSA) is 34.1 Å². The molecule has 0 fully saturated rings. The minimum absolute atomic E-state index is 0.0710. The van der Waals surface area contributed by atoms with Crippen LogP contribution in [0, 0.1) is 5.82 Å². The number of ketones is 1. The van der Waals surface area contributed by atoms with E-state index in [1.54, 1.807) is 6.92 Å². The van der Waals surface area contributed by atoms with E-state index >= 15 is 0 Å². The van der Waals surface area contributed by atoms with Gasteiger partial charge in [0.1, 0.15) is 5.82 Å². The zero-order valence-corrected chi connectivity index (χ0v) is 8.86. The van der Waals surface area contributed by atoms with Crippen LogP contribution in [0.3, 0.4) is 0 Å². The quantitative estimate of drug-likeness (QED) is 0.722. The Morgan fingerprint density at radius 2 is 2.14 bits per heavy atom. The van der Waals surface area contributed by atoms with Crippen molar-refractivity contribution in [2.24, 2.45) is 0 Å². The first-order chi connectivity index (χ1) is 6.56. The van der Waals surface area contributed by atoms with Crippen molar-refractivity contribution < 1.29 is 13.4 Å². The molecule has 1 aromatic rings. The molecular formula is C10H11FO2S. The van der Waals surface area contributed by atoms with Crippen molar-refractivity contribution in [2.45, 2.75) is 18.2 Å². The van der Waals surface area contributed by atoms with E-state index in [0.717, 1.165) is 6.07 Å². The predicted octanol–water partition coefficient (Wildman–Crippen LogP) is 2.16. The summed E-state index contributed by atoms with van der Waals surface area (Å²) in [6.45, 7) is 1.67. The van der Waals surface area contributed by atoms with E-state index in [-0.39, 0.29) is 17.8 Å². The highest BCUT2D eigenvalue weighted by Gasteiger charge is 2.10. The molecule has 0 radical (unpaired) electrons. The number of hydrogen-bond donors (Lipinski definition) is 0. The molecule has 0 spiro atoms. The molecule has 14 heavy (non-hydrogen) atoms. The first-order valence-corrected chi connectivity index (χ1v) is 5.78. The highest BCUT2D eigenvalue weighted by Crippen LogP contribution is 2.14. The zero-order valence-electron chi connectivity index (χ0n) is 8.04. The minimum Gasteiger partial charge on any atom is -0.294 e. The predicted molar refractivity (Wildman–Crippen MR) is 53.4 cm³/mol. The van der Waals surface area contributed by atoms with Gasteiger partial charge in [0.05, 0.1) is 5.56 Å². The Bertz CT molecular complexity index is 388. The number of rotatable bonds is 3. The van der Waals surface area contributed by atoms with Gasteiger partial charge in [0.2, 0.25) is 0 Å². The van der Waals surface area contributed by atoms with Crippen LogP contribution >= 0.6 is 0 Å². The standard InChI is InChI=1S/C10H11FO2S/c1-3-10(12)8-5-4-7(14(2)13)6-9(8)11/h4-6H,3H2,1-2H3. The average Bonchev–Trinajstić information content (AvgIpc) is 2.16. The Kier molecular flexibility index (Phi) is 3.52. The maximum Gasteiger partial charge on any atom is 0.165 e. The third kappa shape index (κ3) is 2.26. The normalized spacial score (nSPS) is 12.5. The Labute approximate surface area is 84.6 Å². The van der Waals surface area contributed by atoms with E-state index in [0.29, 0.717) is 4.90 Å². The van der Waals surface area contributed by atoms with Crippen LogP contribution in [-0.2, 0) is 10.8 Å². The van der Waals surface area contributed by atoms with Crippen LogP contribution in [0.1, 0.15) is 23.7 Å². The van der Waals surface area contributed by atoms with E-state index in [4.69, 9.17) is 0 Å². The van der Waals surface area contributed by atoms with E-state index in [1.807, 2.05) is 0 Å². The van der Waals surface area contributed by atoms with Crippen LogP contribution in [0.4, 0.5) is 4.39 Å². The number of halogens is 1. The number of Topliss-reactive ketones (excluding diaryl/α,β-unsaturated/α-hetero) is 1. The smallest absolute Gasteiger partial charge is 0.165 e. The van der Waals surface area contributed by atoms with Gasteiger partial charge in [-0.25, -0.2) is 4.39 Å². The monoisotopic (exact) mass is 214 g/mol. The second-order valence-electron chi connectivity index (χ2n) is 2.87. The van der Waals surface area contributed by atoms with Crippen molar-refractivity contribution >= 4 is 16.6 Å². The van der Waals surface area contributed by atoms with Gasteiger partial charge in [0.15, 0.2) is 5.78 Å². The van der Waals surface area contributed by atoms with Crippen molar-refractivity contribution in [2.75, 3.05) is 6.26 Å². The van der Waals surface area contributed by atoms with Gasteiger partial charge in [-0.2, -0.15) is 0 Å². The molecule has 0 amide bonds. The molecule has 76 valence electrons. The highest BCUT2D eigenvalue weighted by molar-refractivity contribution is 7.84. The summed E-state index contributed by atoms with van der Waals surface area (Å²) in [5, 5.41) is 0. The summed E-state index contributed by atoms with van der Waals surface area (Å²) >= 11 is 0. The average molecular weight is 214 g/mol. The Balaban J connectivity index is 3.14. The number of carbonyl (C=O) groups excluding carboxylic acids is 1. The third-order valence-corrected chi connectivity index (χ3v) is 2.81. The second-order valence-corrected chi connectivity index (χ2v) is 4.25. The maximum absolute atomic E-state index is 13.3. The summed E-state index contributed by atoms with van der Waals surface area (Å²) in [4.78, 5) is 11.6. The molecule has 0 bridgehead atoms. The van der Waals surface area contributed by atoms with Crippen molar-refractivity contribution in [1.82, 2.24) is 0 Å². The van der Waals surface area contributed by atoms with Crippen molar-refractivity contribution in [3.8, 4) is 0 Å². The van der Waals surface area contributed by atoms with Crippen molar-refractivity contribution in [3.63, 3.8) is 0 Å². The summed E-state index contributed by atoms with van der Waals surface area (Å²) in [7, 11) is -1.21.